The van der Waals surface area contributed by atoms with Crippen LogP contribution in [0.3, 0.4) is 0 Å². The lowest BCUT2D eigenvalue weighted by atomic mass is 10.1. The van der Waals surface area contributed by atoms with Gasteiger partial charge in [-0.2, -0.15) is 0 Å². The molecule has 0 atom stereocenters. The van der Waals surface area contributed by atoms with Crippen molar-refractivity contribution in [2.45, 2.75) is 26.7 Å². The Hall–Kier alpha value is -1.13. The van der Waals surface area contributed by atoms with Gasteiger partial charge in [-0.05, 0) is 36.6 Å². The van der Waals surface area contributed by atoms with Crippen LogP contribution in [0, 0.1) is 6.92 Å². The van der Waals surface area contributed by atoms with E-state index in [0.29, 0.717) is 5.15 Å². The highest BCUT2D eigenvalue weighted by atomic mass is 79.9. The average Bonchev–Trinajstić information content (AvgIpc) is 2.33. The van der Waals surface area contributed by atoms with Gasteiger partial charge in [-0.25, -0.2) is 9.97 Å². The molecule has 0 aliphatic heterocycles. The predicted octanol–water partition coefficient (Wildman–Crippen LogP) is 5.07. The molecule has 0 saturated heterocycles. The normalized spacial score (nSPS) is 10.8. The van der Waals surface area contributed by atoms with Crippen molar-refractivity contribution in [3.05, 3.63) is 45.3 Å². The third-order valence-electron chi connectivity index (χ3n) is 2.83. The molecular formula is C14H15BrClN3. The Morgan fingerprint density at radius 1 is 1.26 bits per heavy atom. The van der Waals surface area contributed by atoms with E-state index in [4.69, 9.17) is 11.6 Å². The van der Waals surface area contributed by atoms with Gasteiger partial charge >= 0.3 is 0 Å². The summed E-state index contributed by atoms with van der Waals surface area (Å²) in [4.78, 5) is 8.33. The highest BCUT2D eigenvalue weighted by Crippen LogP contribution is 2.30. The summed E-state index contributed by atoms with van der Waals surface area (Å²) in [6.45, 7) is 6.19. The van der Waals surface area contributed by atoms with Gasteiger partial charge in [-0.15, -0.1) is 0 Å². The van der Waals surface area contributed by atoms with Crippen LogP contribution in [0.5, 0.6) is 0 Å². The van der Waals surface area contributed by atoms with Gasteiger partial charge in [0.05, 0.1) is 0 Å². The molecule has 0 saturated carbocycles. The second kappa shape index (κ2) is 5.88. The van der Waals surface area contributed by atoms with Gasteiger partial charge in [0.25, 0.3) is 0 Å². The first-order valence-electron chi connectivity index (χ1n) is 6.02. The molecule has 2 rings (SSSR count). The number of rotatable bonds is 3. The highest BCUT2D eigenvalue weighted by Gasteiger charge is 2.13. The number of hydrogen-bond donors (Lipinski definition) is 1. The Labute approximate surface area is 126 Å². The molecule has 0 aliphatic rings. The molecule has 1 aromatic carbocycles. The van der Waals surface area contributed by atoms with Crippen molar-refractivity contribution >= 4 is 39.0 Å². The van der Waals surface area contributed by atoms with E-state index in [-0.39, 0.29) is 5.92 Å². The second-order valence-electron chi connectivity index (χ2n) is 4.67. The van der Waals surface area contributed by atoms with Gasteiger partial charge < -0.3 is 5.32 Å². The number of nitrogens with one attached hydrogen (secondary N) is 1. The molecule has 3 nitrogen and oxygen atoms in total. The fourth-order valence-corrected chi connectivity index (χ4v) is 2.44. The Morgan fingerprint density at radius 2 is 2.00 bits per heavy atom. The Bertz CT molecular complexity index is 599. The Kier molecular flexibility index (Phi) is 4.42. The van der Waals surface area contributed by atoms with E-state index in [1.54, 1.807) is 0 Å². The van der Waals surface area contributed by atoms with Crippen molar-refractivity contribution in [1.29, 1.82) is 0 Å². The molecule has 1 aromatic heterocycles. The van der Waals surface area contributed by atoms with Gasteiger partial charge in [-0.3, -0.25) is 0 Å². The van der Waals surface area contributed by atoms with Crippen LogP contribution in [0.15, 0.2) is 29.0 Å². The largest absolute Gasteiger partial charge is 0.340 e. The zero-order valence-electron chi connectivity index (χ0n) is 11.0. The van der Waals surface area contributed by atoms with Crippen LogP contribution in [-0.2, 0) is 0 Å². The highest BCUT2D eigenvalue weighted by molar-refractivity contribution is 9.10. The van der Waals surface area contributed by atoms with E-state index in [9.17, 15) is 0 Å². The molecule has 0 spiro atoms. The van der Waals surface area contributed by atoms with Crippen LogP contribution in [0.2, 0.25) is 5.15 Å². The zero-order chi connectivity index (χ0) is 14.0. The lowest BCUT2D eigenvalue weighted by Crippen LogP contribution is -2.03. The van der Waals surface area contributed by atoms with E-state index >= 15 is 0 Å². The minimum absolute atomic E-state index is 0.257. The third-order valence-corrected chi connectivity index (χ3v) is 4.02. The summed E-state index contributed by atoms with van der Waals surface area (Å²) in [5.74, 6) is 1.02. The number of aryl methyl sites for hydroxylation is 1. The minimum atomic E-state index is 0.257. The molecule has 0 unspecified atom stereocenters. The fourth-order valence-electron chi connectivity index (χ4n) is 1.84. The molecule has 0 aliphatic carbocycles. The number of hydrogen-bond acceptors (Lipinski definition) is 3. The number of benzene rings is 1. The van der Waals surface area contributed by atoms with Crippen molar-refractivity contribution < 1.29 is 0 Å². The molecule has 2 aromatic rings. The topological polar surface area (TPSA) is 37.8 Å². The van der Waals surface area contributed by atoms with Crippen LogP contribution in [0.25, 0.3) is 0 Å². The number of aromatic nitrogens is 2. The first-order chi connectivity index (χ1) is 8.99. The lowest BCUT2D eigenvalue weighted by molar-refractivity contribution is 0.850. The fraction of sp³-hybridized carbons (Fsp3) is 0.286. The van der Waals surface area contributed by atoms with Crippen LogP contribution >= 0.6 is 27.5 Å². The van der Waals surface area contributed by atoms with Gasteiger partial charge in [0.2, 0.25) is 0 Å². The van der Waals surface area contributed by atoms with E-state index in [1.165, 1.54) is 6.33 Å². The standard InChI is InChI=1S/C14H15BrClN3/c1-8(2)12-13(16)17-7-18-14(12)19-10-4-5-11(15)9(3)6-10/h4-8H,1-3H3,(H,17,18,19). The van der Waals surface area contributed by atoms with Crippen molar-refractivity contribution in [3.8, 4) is 0 Å². The van der Waals surface area contributed by atoms with Crippen molar-refractivity contribution in [2.75, 3.05) is 5.32 Å². The van der Waals surface area contributed by atoms with Crippen LogP contribution in [-0.4, -0.2) is 9.97 Å². The first kappa shape index (κ1) is 14.3. The van der Waals surface area contributed by atoms with Gasteiger partial charge in [0.1, 0.15) is 17.3 Å². The summed E-state index contributed by atoms with van der Waals surface area (Å²) in [6, 6.07) is 6.07. The summed E-state index contributed by atoms with van der Waals surface area (Å²) < 4.78 is 1.09. The lowest BCUT2D eigenvalue weighted by Gasteiger charge is -2.14. The molecule has 0 bridgehead atoms. The van der Waals surface area contributed by atoms with Gasteiger partial charge in [0.15, 0.2) is 0 Å². The van der Waals surface area contributed by atoms with Crippen molar-refractivity contribution in [2.24, 2.45) is 0 Å². The first-order valence-corrected chi connectivity index (χ1v) is 7.19. The van der Waals surface area contributed by atoms with E-state index < -0.39 is 0 Å². The Balaban J connectivity index is 2.38. The van der Waals surface area contributed by atoms with Crippen LogP contribution in [0.4, 0.5) is 11.5 Å². The van der Waals surface area contributed by atoms with E-state index in [0.717, 1.165) is 27.1 Å². The molecule has 5 heteroatoms. The van der Waals surface area contributed by atoms with Gasteiger partial charge in [-0.1, -0.05) is 41.4 Å². The molecule has 1 heterocycles. The summed E-state index contributed by atoms with van der Waals surface area (Å²) >= 11 is 9.64. The monoisotopic (exact) mass is 339 g/mol. The Morgan fingerprint density at radius 3 is 2.63 bits per heavy atom. The van der Waals surface area contributed by atoms with Crippen LogP contribution in [0.1, 0.15) is 30.9 Å². The minimum Gasteiger partial charge on any atom is -0.340 e. The smallest absolute Gasteiger partial charge is 0.138 e. The zero-order valence-corrected chi connectivity index (χ0v) is 13.4. The van der Waals surface area contributed by atoms with E-state index in [2.05, 4.69) is 51.1 Å². The van der Waals surface area contributed by atoms with Crippen LogP contribution < -0.4 is 5.32 Å². The second-order valence-corrected chi connectivity index (χ2v) is 5.88. The third kappa shape index (κ3) is 3.25. The molecule has 100 valence electrons. The summed E-state index contributed by atoms with van der Waals surface area (Å²) in [6.07, 6.45) is 1.47. The molecule has 0 fully saturated rings. The average molecular weight is 341 g/mol. The quantitative estimate of drug-likeness (QED) is 0.793. The molecule has 19 heavy (non-hydrogen) atoms. The number of anilines is 2. The molecular weight excluding hydrogens is 326 g/mol. The van der Waals surface area contributed by atoms with Crippen molar-refractivity contribution in [3.63, 3.8) is 0 Å². The maximum absolute atomic E-state index is 6.15. The van der Waals surface area contributed by atoms with Crippen molar-refractivity contribution in [1.82, 2.24) is 9.97 Å². The molecule has 1 N–H and O–H groups in total. The maximum atomic E-state index is 6.15. The summed E-state index contributed by atoms with van der Waals surface area (Å²) in [7, 11) is 0. The summed E-state index contributed by atoms with van der Waals surface area (Å²) in [5.41, 5.74) is 3.08. The predicted molar refractivity (Wildman–Crippen MR) is 83.3 cm³/mol. The molecule has 0 radical (unpaired) electrons. The van der Waals surface area contributed by atoms with E-state index in [1.807, 2.05) is 19.1 Å². The number of nitrogens with zero attached hydrogens (tertiary/aromatic N) is 2. The van der Waals surface area contributed by atoms with Gasteiger partial charge in [0, 0.05) is 15.7 Å². The summed E-state index contributed by atoms with van der Waals surface area (Å²) in [5, 5.41) is 3.81. The maximum Gasteiger partial charge on any atom is 0.138 e. The number of halogens is 2. The molecule has 0 amide bonds. The SMILES string of the molecule is Cc1cc(Nc2ncnc(Cl)c2C(C)C)ccc1Br.